The molecule has 0 radical (unpaired) electrons. The molecule has 11 nitrogen and oxygen atoms in total. The van der Waals surface area contributed by atoms with E-state index < -0.39 is 6.03 Å². The lowest BCUT2D eigenvalue weighted by molar-refractivity contribution is 0.154. The molecule has 3 aromatic heterocycles. The van der Waals surface area contributed by atoms with Gasteiger partial charge in [0.15, 0.2) is 0 Å². The van der Waals surface area contributed by atoms with Crippen LogP contribution in [0.2, 0.25) is 0 Å². The minimum absolute atomic E-state index is 0.0386. The summed E-state index contributed by atoms with van der Waals surface area (Å²) in [6.45, 7) is 2.01. The lowest BCUT2D eigenvalue weighted by Crippen LogP contribution is -2.43. The summed E-state index contributed by atoms with van der Waals surface area (Å²) < 4.78 is 12.9. The zero-order chi connectivity index (χ0) is 22.8. The Kier molecular flexibility index (Phi) is 5.61. The van der Waals surface area contributed by atoms with Crippen LogP contribution in [0.3, 0.4) is 0 Å². The van der Waals surface area contributed by atoms with Crippen LogP contribution in [0.15, 0.2) is 49.1 Å². The van der Waals surface area contributed by atoms with Gasteiger partial charge in [0.1, 0.15) is 17.3 Å². The summed E-state index contributed by atoms with van der Waals surface area (Å²) in [6, 6.07) is 6.11. The molecule has 0 aliphatic carbocycles. The Balaban J connectivity index is 1.20. The van der Waals surface area contributed by atoms with Crippen molar-refractivity contribution in [2.24, 2.45) is 7.05 Å². The van der Waals surface area contributed by atoms with E-state index in [1.807, 2.05) is 19.3 Å². The number of aromatic nitrogens is 4. The Morgan fingerprint density at radius 3 is 2.82 bits per heavy atom. The fourth-order valence-electron chi connectivity index (χ4n) is 3.86. The first-order valence-corrected chi connectivity index (χ1v) is 10.6. The minimum atomic E-state index is -0.502. The van der Waals surface area contributed by atoms with E-state index >= 15 is 0 Å². The van der Waals surface area contributed by atoms with E-state index in [1.54, 1.807) is 40.2 Å². The van der Waals surface area contributed by atoms with E-state index in [2.05, 4.69) is 20.4 Å². The third kappa shape index (κ3) is 4.48. The number of anilines is 1. The first-order chi connectivity index (χ1) is 16.1. The molecule has 0 saturated carbocycles. The summed E-state index contributed by atoms with van der Waals surface area (Å²) in [5.74, 6) is 1.43. The van der Waals surface area contributed by atoms with Crippen LogP contribution in [-0.2, 0) is 11.8 Å². The fraction of sp³-hybridized carbons (Fsp3) is 0.318. The number of carbonyl (C=O) groups excluding carboxylic acids is 2. The van der Waals surface area contributed by atoms with E-state index in [0.29, 0.717) is 43.6 Å². The summed E-state index contributed by atoms with van der Waals surface area (Å²) in [7, 11) is 1.84. The average Bonchev–Trinajstić information content (AvgIpc) is 3.56. The number of hydrogen-bond donors (Lipinski definition) is 1. The van der Waals surface area contributed by atoms with Gasteiger partial charge in [0.25, 0.3) is 0 Å². The molecule has 3 aromatic rings. The smallest absolute Gasteiger partial charge is 0.331 e. The van der Waals surface area contributed by atoms with Crippen molar-refractivity contribution in [2.45, 2.75) is 12.5 Å². The summed E-state index contributed by atoms with van der Waals surface area (Å²) in [4.78, 5) is 36.7. The van der Waals surface area contributed by atoms with Gasteiger partial charge in [0.2, 0.25) is 0 Å². The number of ether oxygens (including phenoxy) is 2. The van der Waals surface area contributed by atoms with E-state index in [-0.39, 0.29) is 12.1 Å². The molecule has 2 fully saturated rings. The summed E-state index contributed by atoms with van der Waals surface area (Å²) in [5.41, 5.74) is 1.63. The first kappa shape index (κ1) is 20.9. The Bertz CT molecular complexity index is 1160. The number of aryl methyl sites for hydroxylation is 1. The lowest BCUT2D eigenvalue weighted by atomic mass is 10.2. The zero-order valence-corrected chi connectivity index (χ0v) is 18.0. The van der Waals surface area contributed by atoms with Crippen molar-refractivity contribution in [3.8, 4) is 22.8 Å². The molecule has 2 saturated heterocycles. The molecule has 11 heteroatoms. The van der Waals surface area contributed by atoms with Gasteiger partial charge in [0, 0.05) is 50.8 Å². The SMILES string of the molecule is Cn1cc(-c2cc(Oc3ccc(NC(=O)N4CCN(C5CCOC5)C4=O)nc3)ccn2)cn1. The second-order valence-corrected chi connectivity index (χ2v) is 7.84. The standard InChI is InChI=1S/C22H23N7O4/c1-27-13-15(11-25-27)19-10-17(4-6-23-19)33-18-2-3-20(24-12-18)26-21(30)29-8-7-28(22(29)31)16-5-9-32-14-16/h2-4,6,10-13,16H,5,7-9,14H2,1H3,(H,24,26,30). The molecule has 0 spiro atoms. The number of nitrogens with one attached hydrogen (secondary N) is 1. The number of amides is 4. The maximum Gasteiger partial charge on any atom is 0.331 e. The predicted molar refractivity (Wildman–Crippen MR) is 118 cm³/mol. The van der Waals surface area contributed by atoms with Crippen molar-refractivity contribution in [2.75, 3.05) is 31.6 Å². The lowest BCUT2D eigenvalue weighted by Gasteiger charge is -2.22. The average molecular weight is 449 g/mol. The maximum atomic E-state index is 12.6. The Morgan fingerprint density at radius 1 is 1.18 bits per heavy atom. The Hall–Kier alpha value is -3.99. The molecule has 170 valence electrons. The van der Waals surface area contributed by atoms with Crippen molar-refractivity contribution in [1.82, 2.24) is 29.5 Å². The van der Waals surface area contributed by atoms with Crippen LogP contribution in [0.25, 0.3) is 11.3 Å². The molecule has 5 rings (SSSR count). The quantitative estimate of drug-likeness (QED) is 0.637. The number of imide groups is 1. The molecule has 5 heterocycles. The molecule has 2 aliphatic heterocycles. The third-order valence-corrected chi connectivity index (χ3v) is 5.57. The van der Waals surface area contributed by atoms with Crippen LogP contribution in [0.1, 0.15) is 6.42 Å². The number of hydrogen-bond acceptors (Lipinski definition) is 7. The number of nitrogens with zero attached hydrogens (tertiary/aromatic N) is 6. The van der Waals surface area contributed by atoms with E-state index in [0.717, 1.165) is 17.7 Å². The molecule has 0 bridgehead atoms. The topological polar surface area (TPSA) is 115 Å². The van der Waals surface area contributed by atoms with Gasteiger partial charge in [-0.25, -0.2) is 19.5 Å². The molecule has 1 atom stereocenters. The zero-order valence-electron chi connectivity index (χ0n) is 18.0. The summed E-state index contributed by atoms with van der Waals surface area (Å²) >= 11 is 0. The predicted octanol–water partition coefficient (Wildman–Crippen LogP) is 2.73. The largest absolute Gasteiger partial charge is 0.456 e. The monoisotopic (exact) mass is 449 g/mol. The van der Waals surface area contributed by atoms with Gasteiger partial charge in [-0.15, -0.1) is 0 Å². The first-order valence-electron chi connectivity index (χ1n) is 10.6. The van der Waals surface area contributed by atoms with Crippen molar-refractivity contribution in [3.63, 3.8) is 0 Å². The van der Waals surface area contributed by atoms with E-state index in [4.69, 9.17) is 9.47 Å². The van der Waals surface area contributed by atoms with Crippen LogP contribution in [-0.4, -0.2) is 74.0 Å². The van der Waals surface area contributed by atoms with Crippen molar-refractivity contribution in [1.29, 1.82) is 0 Å². The van der Waals surface area contributed by atoms with Crippen LogP contribution in [0, 0.1) is 0 Å². The van der Waals surface area contributed by atoms with Crippen molar-refractivity contribution < 1.29 is 19.1 Å². The van der Waals surface area contributed by atoms with Crippen LogP contribution < -0.4 is 10.1 Å². The molecular formula is C22H23N7O4. The molecule has 2 aliphatic rings. The van der Waals surface area contributed by atoms with Crippen molar-refractivity contribution in [3.05, 3.63) is 49.1 Å². The van der Waals surface area contributed by atoms with Gasteiger partial charge in [0.05, 0.1) is 30.7 Å². The highest BCUT2D eigenvalue weighted by Crippen LogP contribution is 2.26. The highest BCUT2D eigenvalue weighted by molar-refractivity contribution is 6.01. The maximum absolute atomic E-state index is 12.6. The Morgan fingerprint density at radius 2 is 2.09 bits per heavy atom. The minimum Gasteiger partial charge on any atom is -0.456 e. The molecular weight excluding hydrogens is 426 g/mol. The molecule has 33 heavy (non-hydrogen) atoms. The van der Waals surface area contributed by atoms with Gasteiger partial charge >= 0.3 is 12.1 Å². The summed E-state index contributed by atoms with van der Waals surface area (Å²) in [6.07, 6.45) is 7.57. The van der Waals surface area contributed by atoms with Crippen LogP contribution in [0.5, 0.6) is 11.5 Å². The number of urea groups is 2. The molecule has 4 amide bonds. The second-order valence-electron chi connectivity index (χ2n) is 7.84. The van der Waals surface area contributed by atoms with E-state index in [9.17, 15) is 9.59 Å². The highest BCUT2D eigenvalue weighted by atomic mass is 16.5. The second kappa shape index (κ2) is 8.87. The number of carbonyl (C=O) groups is 2. The van der Waals surface area contributed by atoms with Gasteiger partial charge in [-0.2, -0.15) is 5.10 Å². The van der Waals surface area contributed by atoms with Crippen LogP contribution in [0.4, 0.5) is 15.4 Å². The molecule has 1 N–H and O–H groups in total. The van der Waals surface area contributed by atoms with Crippen molar-refractivity contribution >= 4 is 17.9 Å². The molecule has 0 aromatic carbocycles. The highest BCUT2D eigenvalue weighted by Gasteiger charge is 2.38. The van der Waals surface area contributed by atoms with Crippen LogP contribution >= 0.6 is 0 Å². The van der Waals surface area contributed by atoms with Gasteiger partial charge in [-0.05, 0) is 24.6 Å². The van der Waals surface area contributed by atoms with E-state index in [1.165, 1.54) is 11.1 Å². The number of rotatable bonds is 5. The Labute approximate surface area is 189 Å². The fourth-order valence-corrected chi connectivity index (χ4v) is 3.86. The van der Waals surface area contributed by atoms with Gasteiger partial charge in [-0.3, -0.25) is 15.0 Å². The van der Waals surface area contributed by atoms with Gasteiger partial charge < -0.3 is 14.4 Å². The normalized spacial score (nSPS) is 18.1. The number of pyridine rings is 2. The molecule has 1 unspecified atom stereocenters. The van der Waals surface area contributed by atoms with Gasteiger partial charge in [-0.1, -0.05) is 0 Å². The third-order valence-electron chi connectivity index (χ3n) is 5.57. The summed E-state index contributed by atoms with van der Waals surface area (Å²) in [5, 5.41) is 6.83.